The maximum atomic E-state index is 13.0. The van der Waals surface area contributed by atoms with E-state index < -0.39 is 27.1 Å². The van der Waals surface area contributed by atoms with Crippen LogP contribution >= 0.6 is 11.6 Å². The zero-order valence-corrected chi connectivity index (χ0v) is 17.0. The first-order valence-electron chi connectivity index (χ1n) is 8.91. The first-order valence-corrected chi connectivity index (χ1v) is 10.8. The normalized spacial score (nSPS) is 20.6. The molecule has 150 valence electrons. The molecule has 1 aliphatic rings. The molecule has 2 unspecified atom stereocenters. The second-order valence-electron chi connectivity index (χ2n) is 6.93. The maximum absolute atomic E-state index is 13.0. The van der Waals surface area contributed by atoms with Crippen LogP contribution in [0.4, 0.5) is 0 Å². The zero-order chi connectivity index (χ0) is 20.3. The van der Waals surface area contributed by atoms with Crippen LogP contribution in [-0.2, 0) is 21.2 Å². The van der Waals surface area contributed by atoms with E-state index >= 15 is 0 Å². The number of hydrogen-bond acceptors (Lipinski definition) is 5. The molecule has 0 radical (unpaired) electrons. The summed E-state index contributed by atoms with van der Waals surface area (Å²) < 4.78 is 31.7. The first-order chi connectivity index (χ1) is 13.3. The van der Waals surface area contributed by atoms with Crippen LogP contribution in [0.5, 0.6) is 5.75 Å². The van der Waals surface area contributed by atoms with E-state index in [2.05, 4.69) is 0 Å². The highest BCUT2D eigenvalue weighted by Gasteiger charge is 2.38. The van der Waals surface area contributed by atoms with Gasteiger partial charge in [-0.25, -0.2) is 8.42 Å². The summed E-state index contributed by atoms with van der Waals surface area (Å²) in [5, 5.41) is 9.05. The van der Waals surface area contributed by atoms with E-state index in [1.807, 2.05) is 12.1 Å². The number of likely N-dealkylation sites (tertiary alicyclic amines) is 1. The Morgan fingerprint density at radius 3 is 2.43 bits per heavy atom. The number of carboxylic acid groups (broad SMARTS) is 1. The number of rotatable bonds is 6. The highest BCUT2D eigenvalue weighted by atomic mass is 35.5. The van der Waals surface area contributed by atoms with E-state index in [4.69, 9.17) is 16.3 Å². The monoisotopic (exact) mass is 423 g/mol. The fraction of sp³-hybridized carbons (Fsp3) is 0.350. The number of ether oxygens (including phenoxy) is 1. The summed E-state index contributed by atoms with van der Waals surface area (Å²) >= 11 is 5.86. The smallest absolute Gasteiger partial charge is 0.306 e. The predicted octanol–water partition coefficient (Wildman–Crippen LogP) is 3.45. The first kappa shape index (κ1) is 20.6. The summed E-state index contributed by atoms with van der Waals surface area (Å²) in [4.78, 5) is 13.2. The van der Waals surface area contributed by atoms with Crippen LogP contribution in [0.1, 0.15) is 18.4 Å². The molecule has 0 bridgehead atoms. The van der Waals surface area contributed by atoms with Gasteiger partial charge in [0.2, 0.25) is 0 Å². The van der Waals surface area contributed by atoms with E-state index in [1.165, 1.54) is 12.1 Å². The van der Waals surface area contributed by atoms with Crippen molar-refractivity contribution in [3.8, 4) is 5.75 Å². The minimum atomic E-state index is -3.67. The summed E-state index contributed by atoms with van der Waals surface area (Å²) in [5.74, 6) is -1.04. The predicted molar refractivity (Wildman–Crippen MR) is 106 cm³/mol. The van der Waals surface area contributed by atoms with Crippen LogP contribution in [0.25, 0.3) is 0 Å². The van der Waals surface area contributed by atoms with Crippen molar-refractivity contribution >= 4 is 27.4 Å². The molecule has 3 rings (SSSR count). The maximum Gasteiger partial charge on any atom is 0.306 e. The zero-order valence-electron chi connectivity index (χ0n) is 15.4. The SMILES string of the molecule is CN1CCC(C(=O)O)CC1S(=O)(=O)c1ccc(OCc2ccc(Cl)cc2)cc1. The molecule has 0 amide bonds. The van der Waals surface area contributed by atoms with Crippen LogP contribution in [-0.4, -0.2) is 43.4 Å². The van der Waals surface area contributed by atoms with E-state index in [0.29, 0.717) is 30.3 Å². The third-order valence-corrected chi connectivity index (χ3v) is 7.44. The Morgan fingerprint density at radius 1 is 1.18 bits per heavy atom. The van der Waals surface area contributed by atoms with Crippen molar-refractivity contribution in [1.82, 2.24) is 4.90 Å². The Labute approximate surface area is 169 Å². The van der Waals surface area contributed by atoms with Gasteiger partial charge in [-0.2, -0.15) is 0 Å². The minimum Gasteiger partial charge on any atom is -0.489 e. The van der Waals surface area contributed by atoms with Crippen LogP contribution < -0.4 is 4.74 Å². The number of carbonyl (C=O) groups is 1. The number of hydrogen-bond donors (Lipinski definition) is 1. The summed E-state index contributed by atoms with van der Waals surface area (Å²) in [6.45, 7) is 0.776. The van der Waals surface area contributed by atoms with Crippen LogP contribution in [0.3, 0.4) is 0 Å². The molecule has 28 heavy (non-hydrogen) atoms. The Bertz CT molecular complexity index is 928. The average Bonchev–Trinajstić information content (AvgIpc) is 2.68. The molecule has 1 heterocycles. The van der Waals surface area contributed by atoms with Crippen molar-refractivity contribution in [2.45, 2.75) is 29.7 Å². The molecule has 1 aliphatic heterocycles. The second-order valence-corrected chi connectivity index (χ2v) is 9.47. The molecule has 1 fully saturated rings. The van der Waals surface area contributed by atoms with Gasteiger partial charge in [-0.15, -0.1) is 0 Å². The fourth-order valence-electron chi connectivity index (χ4n) is 3.26. The molecule has 0 saturated carbocycles. The molecule has 0 spiro atoms. The van der Waals surface area contributed by atoms with Gasteiger partial charge in [0, 0.05) is 5.02 Å². The Morgan fingerprint density at radius 2 is 1.82 bits per heavy atom. The van der Waals surface area contributed by atoms with Gasteiger partial charge < -0.3 is 9.84 Å². The van der Waals surface area contributed by atoms with Crippen molar-refractivity contribution in [3.05, 3.63) is 59.1 Å². The molecular formula is C20H22ClNO5S. The lowest BCUT2D eigenvalue weighted by Gasteiger charge is -2.34. The number of benzene rings is 2. The van der Waals surface area contributed by atoms with E-state index in [-0.39, 0.29) is 11.3 Å². The standard InChI is InChI=1S/C20H22ClNO5S/c1-22-11-10-15(20(23)24)12-19(22)28(25,26)18-8-6-17(7-9-18)27-13-14-2-4-16(21)5-3-14/h2-9,15,19H,10-13H2,1H3,(H,23,24). The summed E-state index contributed by atoms with van der Waals surface area (Å²) in [5.41, 5.74) is 0.949. The van der Waals surface area contributed by atoms with E-state index in [1.54, 1.807) is 36.2 Å². The highest BCUT2D eigenvalue weighted by molar-refractivity contribution is 7.92. The quantitative estimate of drug-likeness (QED) is 0.766. The highest BCUT2D eigenvalue weighted by Crippen LogP contribution is 2.30. The van der Waals surface area contributed by atoms with Crippen molar-refractivity contribution in [2.75, 3.05) is 13.6 Å². The Hall–Kier alpha value is -2.09. The van der Waals surface area contributed by atoms with E-state index in [9.17, 15) is 18.3 Å². The van der Waals surface area contributed by atoms with E-state index in [0.717, 1.165) is 5.56 Å². The molecule has 2 atom stereocenters. The lowest BCUT2D eigenvalue weighted by molar-refractivity contribution is -0.143. The third-order valence-electron chi connectivity index (χ3n) is 4.99. The van der Waals surface area contributed by atoms with Crippen molar-refractivity contribution in [3.63, 3.8) is 0 Å². The van der Waals surface area contributed by atoms with Crippen LogP contribution in [0.15, 0.2) is 53.4 Å². The number of nitrogens with zero attached hydrogens (tertiary/aromatic N) is 1. The minimum absolute atomic E-state index is 0.0863. The largest absolute Gasteiger partial charge is 0.489 e. The van der Waals surface area contributed by atoms with Crippen molar-refractivity contribution < 1.29 is 23.1 Å². The van der Waals surface area contributed by atoms with Crippen molar-refractivity contribution in [1.29, 1.82) is 0 Å². The average molecular weight is 424 g/mol. The number of aliphatic carboxylic acids is 1. The summed E-state index contributed by atoms with van der Waals surface area (Å²) in [6.07, 6.45) is 0.540. The lowest BCUT2D eigenvalue weighted by atomic mass is 9.97. The van der Waals surface area contributed by atoms with Gasteiger partial charge in [-0.05, 0) is 68.4 Å². The molecule has 2 aromatic rings. The van der Waals surface area contributed by atoms with Gasteiger partial charge in [-0.3, -0.25) is 9.69 Å². The van der Waals surface area contributed by atoms with Gasteiger partial charge in [0.1, 0.15) is 17.7 Å². The summed E-state index contributed by atoms with van der Waals surface area (Å²) in [7, 11) is -1.96. The second kappa shape index (κ2) is 8.51. The molecule has 6 nitrogen and oxygen atoms in total. The molecule has 0 aromatic heterocycles. The van der Waals surface area contributed by atoms with Gasteiger partial charge >= 0.3 is 5.97 Å². The molecule has 2 aromatic carbocycles. The van der Waals surface area contributed by atoms with Gasteiger partial charge in [0.05, 0.1) is 10.8 Å². The molecule has 0 aliphatic carbocycles. The summed E-state index contributed by atoms with van der Waals surface area (Å²) in [6, 6.07) is 13.5. The third kappa shape index (κ3) is 4.66. The lowest BCUT2D eigenvalue weighted by Crippen LogP contribution is -2.46. The molecule has 1 N–H and O–H groups in total. The van der Waals surface area contributed by atoms with Gasteiger partial charge in [-0.1, -0.05) is 23.7 Å². The topological polar surface area (TPSA) is 83.9 Å². The number of sulfone groups is 1. The fourth-order valence-corrected chi connectivity index (χ4v) is 5.28. The number of halogens is 1. The van der Waals surface area contributed by atoms with Gasteiger partial charge in [0.15, 0.2) is 9.84 Å². The number of piperidine rings is 1. The van der Waals surface area contributed by atoms with Crippen LogP contribution in [0.2, 0.25) is 5.02 Å². The molecule has 1 saturated heterocycles. The Kier molecular flexibility index (Phi) is 6.27. The molecule has 8 heteroatoms. The van der Waals surface area contributed by atoms with Gasteiger partial charge in [0.25, 0.3) is 0 Å². The van der Waals surface area contributed by atoms with Crippen LogP contribution in [0, 0.1) is 5.92 Å². The Balaban J connectivity index is 1.70. The number of carboxylic acids is 1. The van der Waals surface area contributed by atoms with Crippen molar-refractivity contribution in [2.24, 2.45) is 5.92 Å². The molecular weight excluding hydrogens is 402 g/mol.